The molecule has 0 heterocycles. The zero-order valence-electron chi connectivity index (χ0n) is 11.9. The lowest BCUT2D eigenvalue weighted by Crippen LogP contribution is -2.15. The van der Waals surface area contributed by atoms with E-state index in [9.17, 15) is 19.6 Å². The Hall–Kier alpha value is -2.47. The van der Waals surface area contributed by atoms with Crippen molar-refractivity contribution in [2.45, 2.75) is 12.3 Å². The number of aliphatic hydroxyl groups is 1. The molecule has 22 heavy (non-hydrogen) atoms. The summed E-state index contributed by atoms with van der Waals surface area (Å²) in [5, 5.41) is 23.1. The van der Waals surface area contributed by atoms with Crippen molar-refractivity contribution in [3.05, 3.63) is 70.0 Å². The summed E-state index contributed by atoms with van der Waals surface area (Å²) < 4.78 is 13.1. The Morgan fingerprint density at radius 1 is 1.23 bits per heavy atom. The molecule has 2 rings (SSSR count). The monoisotopic (exact) mass is 304 g/mol. The van der Waals surface area contributed by atoms with Crippen LogP contribution in [0.1, 0.15) is 17.9 Å². The van der Waals surface area contributed by atoms with Crippen LogP contribution in [0.4, 0.5) is 15.8 Å². The molecule has 0 saturated carbocycles. The first-order valence-electron chi connectivity index (χ1n) is 6.95. The van der Waals surface area contributed by atoms with Crippen molar-refractivity contribution in [1.82, 2.24) is 0 Å². The average Bonchev–Trinajstić information content (AvgIpc) is 2.53. The lowest BCUT2D eigenvalue weighted by atomic mass is 9.96. The van der Waals surface area contributed by atoms with Gasteiger partial charge in [-0.15, -0.1) is 0 Å². The molecule has 0 aromatic heterocycles. The van der Waals surface area contributed by atoms with Gasteiger partial charge in [-0.2, -0.15) is 0 Å². The van der Waals surface area contributed by atoms with Gasteiger partial charge in [0.2, 0.25) is 0 Å². The standard InChI is InChI=1S/C16H17FN2O3/c17-14-6-7-15(16(10-14)19(21)22)18-11-13(8-9-20)12-4-2-1-3-5-12/h1-7,10,13,18,20H,8-9,11H2. The Kier molecular flexibility index (Phi) is 5.43. The molecule has 5 nitrogen and oxygen atoms in total. The normalized spacial score (nSPS) is 11.9. The van der Waals surface area contributed by atoms with Crippen molar-refractivity contribution in [1.29, 1.82) is 0 Å². The quantitative estimate of drug-likeness (QED) is 0.608. The lowest BCUT2D eigenvalue weighted by molar-refractivity contribution is -0.384. The number of anilines is 1. The maximum Gasteiger partial charge on any atom is 0.295 e. The molecule has 0 amide bonds. The molecule has 6 heteroatoms. The summed E-state index contributed by atoms with van der Waals surface area (Å²) in [6.07, 6.45) is 0.534. The highest BCUT2D eigenvalue weighted by molar-refractivity contribution is 5.61. The lowest BCUT2D eigenvalue weighted by Gasteiger charge is -2.18. The first-order valence-corrected chi connectivity index (χ1v) is 6.95. The van der Waals surface area contributed by atoms with Gasteiger partial charge in [-0.3, -0.25) is 10.1 Å². The van der Waals surface area contributed by atoms with Crippen LogP contribution < -0.4 is 5.32 Å². The third-order valence-corrected chi connectivity index (χ3v) is 3.44. The van der Waals surface area contributed by atoms with Crippen LogP contribution in [-0.2, 0) is 0 Å². The zero-order valence-corrected chi connectivity index (χ0v) is 11.9. The molecular weight excluding hydrogens is 287 g/mol. The van der Waals surface area contributed by atoms with E-state index in [4.69, 9.17) is 0 Å². The number of rotatable bonds is 7. The van der Waals surface area contributed by atoms with E-state index in [-0.39, 0.29) is 23.9 Å². The summed E-state index contributed by atoms with van der Waals surface area (Å²) in [7, 11) is 0. The summed E-state index contributed by atoms with van der Waals surface area (Å²) in [4.78, 5) is 10.4. The molecule has 0 fully saturated rings. The van der Waals surface area contributed by atoms with Gasteiger partial charge in [-0.05, 0) is 24.1 Å². The Labute approximate surface area is 127 Å². The molecule has 0 bridgehead atoms. The Morgan fingerprint density at radius 2 is 1.95 bits per heavy atom. The van der Waals surface area contributed by atoms with Crippen LogP contribution in [0.15, 0.2) is 48.5 Å². The Morgan fingerprint density at radius 3 is 2.59 bits per heavy atom. The van der Waals surface area contributed by atoms with Crippen molar-refractivity contribution in [3.63, 3.8) is 0 Å². The number of benzene rings is 2. The number of aliphatic hydroxyl groups excluding tert-OH is 1. The van der Waals surface area contributed by atoms with Crippen LogP contribution in [0.5, 0.6) is 0 Å². The second kappa shape index (κ2) is 7.51. The average molecular weight is 304 g/mol. The highest BCUT2D eigenvalue weighted by atomic mass is 19.1. The van der Waals surface area contributed by atoms with Crippen molar-refractivity contribution < 1.29 is 14.4 Å². The van der Waals surface area contributed by atoms with Gasteiger partial charge in [0.15, 0.2) is 0 Å². The summed E-state index contributed by atoms with van der Waals surface area (Å²) in [6, 6.07) is 13.0. The summed E-state index contributed by atoms with van der Waals surface area (Å²) >= 11 is 0. The fraction of sp³-hybridized carbons (Fsp3) is 0.250. The fourth-order valence-electron chi connectivity index (χ4n) is 2.31. The molecular formula is C16H17FN2O3. The van der Waals surface area contributed by atoms with Gasteiger partial charge in [-0.25, -0.2) is 4.39 Å². The zero-order chi connectivity index (χ0) is 15.9. The molecule has 0 aliphatic heterocycles. The molecule has 2 N–H and O–H groups in total. The number of hydrogen-bond acceptors (Lipinski definition) is 4. The van der Waals surface area contributed by atoms with Crippen LogP contribution in [0, 0.1) is 15.9 Å². The van der Waals surface area contributed by atoms with Crippen LogP contribution in [0.2, 0.25) is 0 Å². The van der Waals surface area contributed by atoms with Crippen LogP contribution in [-0.4, -0.2) is 23.2 Å². The second-order valence-corrected chi connectivity index (χ2v) is 4.92. The molecule has 0 spiro atoms. The SMILES string of the molecule is O=[N+]([O-])c1cc(F)ccc1NCC(CCO)c1ccccc1. The minimum absolute atomic E-state index is 0.0101. The van der Waals surface area contributed by atoms with Gasteiger partial charge in [0.05, 0.1) is 11.0 Å². The topological polar surface area (TPSA) is 75.4 Å². The number of nitrogens with one attached hydrogen (secondary N) is 1. The summed E-state index contributed by atoms with van der Waals surface area (Å²) in [6.45, 7) is 0.434. The molecule has 2 aromatic carbocycles. The Balaban J connectivity index is 2.15. The minimum atomic E-state index is -0.646. The van der Waals surface area contributed by atoms with Crippen molar-refractivity contribution in [2.24, 2.45) is 0 Å². The molecule has 0 saturated heterocycles. The van der Waals surface area contributed by atoms with Gasteiger partial charge in [0.1, 0.15) is 11.5 Å². The van der Waals surface area contributed by atoms with E-state index in [0.29, 0.717) is 13.0 Å². The summed E-state index contributed by atoms with van der Waals surface area (Å²) in [5.74, 6) is -0.636. The van der Waals surface area contributed by atoms with E-state index in [2.05, 4.69) is 5.32 Å². The number of nitro benzene ring substituents is 1. The van der Waals surface area contributed by atoms with E-state index < -0.39 is 10.7 Å². The van der Waals surface area contributed by atoms with Crippen LogP contribution >= 0.6 is 0 Å². The molecule has 116 valence electrons. The smallest absolute Gasteiger partial charge is 0.295 e. The van der Waals surface area contributed by atoms with Gasteiger partial charge in [0, 0.05) is 19.1 Å². The summed E-state index contributed by atoms with van der Waals surface area (Å²) in [5.41, 5.74) is 1.01. The number of halogens is 1. The van der Waals surface area contributed by atoms with Crippen molar-refractivity contribution in [2.75, 3.05) is 18.5 Å². The van der Waals surface area contributed by atoms with Crippen LogP contribution in [0.3, 0.4) is 0 Å². The maximum absolute atomic E-state index is 13.1. The highest BCUT2D eigenvalue weighted by Gasteiger charge is 2.17. The highest BCUT2D eigenvalue weighted by Crippen LogP contribution is 2.27. The fourth-order valence-corrected chi connectivity index (χ4v) is 2.31. The van der Waals surface area contributed by atoms with E-state index in [1.165, 1.54) is 12.1 Å². The first-order chi connectivity index (χ1) is 10.6. The van der Waals surface area contributed by atoms with E-state index in [1.807, 2.05) is 30.3 Å². The molecule has 0 aliphatic carbocycles. The number of nitro groups is 1. The maximum atomic E-state index is 13.1. The van der Waals surface area contributed by atoms with Gasteiger partial charge in [0.25, 0.3) is 5.69 Å². The second-order valence-electron chi connectivity index (χ2n) is 4.92. The third kappa shape index (κ3) is 4.02. The largest absolute Gasteiger partial charge is 0.396 e. The van der Waals surface area contributed by atoms with E-state index in [0.717, 1.165) is 11.6 Å². The molecule has 1 atom stereocenters. The predicted octanol–water partition coefficient (Wildman–Crippen LogP) is 3.31. The van der Waals surface area contributed by atoms with E-state index in [1.54, 1.807) is 0 Å². The predicted molar refractivity (Wildman–Crippen MR) is 82.4 cm³/mol. The van der Waals surface area contributed by atoms with E-state index >= 15 is 0 Å². The third-order valence-electron chi connectivity index (χ3n) is 3.44. The minimum Gasteiger partial charge on any atom is -0.396 e. The molecule has 2 aromatic rings. The van der Waals surface area contributed by atoms with Gasteiger partial charge < -0.3 is 10.4 Å². The Bertz CT molecular complexity index is 635. The number of nitrogens with zero attached hydrogens (tertiary/aromatic N) is 1. The number of hydrogen-bond donors (Lipinski definition) is 2. The van der Waals surface area contributed by atoms with Crippen LogP contribution in [0.25, 0.3) is 0 Å². The first kappa shape index (κ1) is 15.9. The van der Waals surface area contributed by atoms with Crippen molar-refractivity contribution in [3.8, 4) is 0 Å². The van der Waals surface area contributed by atoms with Gasteiger partial charge >= 0.3 is 0 Å². The van der Waals surface area contributed by atoms with Gasteiger partial charge in [-0.1, -0.05) is 30.3 Å². The molecule has 1 unspecified atom stereocenters. The molecule has 0 radical (unpaired) electrons. The van der Waals surface area contributed by atoms with Crippen molar-refractivity contribution >= 4 is 11.4 Å². The molecule has 0 aliphatic rings.